The van der Waals surface area contributed by atoms with Gasteiger partial charge in [0.25, 0.3) is 5.91 Å². The lowest BCUT2D eigenvalue weighted by Crippen LogP contribution is -2.38. The van der Waals surface area contributed by atoms with Crippen molar-refractivity contribution >= 4 is 21.7 Å². The third kappa shape index (κ3) is 5.18. The first-order valence-electron chi connectivity index (χ1n) is 6.64. The molecule has 1 aromatic rings. The van der Waals surface area contributed by atoms with Gasteiger partial charge in [0, 0.05) is 6.04 Å². The van der Waals surface area contributed by atoms with Crippen LogP contribution in [-0.4, -0.2) is 44.4 Å². The fraction of sp³-hybridized carbons (Fsp3) is 0.429. The van der Waals surface area contributed by atoms with Crippen molar-refractivity contribution in [3.05, 3.63) is 35.9 Å². The van der Waals surface area contributed by atoms with Crippen molar-refractivity contribution in [2.45, 2.75) is 18.9 Å². The molecule has 1 heterocycles. The number of rotatable bonds is 5. The molecule has 0 aliphatic carbocycles. The Labute approximate surface area is 123 Å². The summed E-state index contributed by atoms with van der Waals surface area (Å²) in [5.74, 6) is -0.920. The van der Waals surface area contributed by atoms with Gasteiger partial charge in [0.1, 0.15) is 0 Å². The molecule has 21 heavy (non-hydrogen) atoms. The number of benzene rings is 1. The molecule has 2 rings (SSSR count). The van der Waals surface area contributed by atoms with Crippen molar-refractivity contribution in [1.82, 2.24) is 5.32 Å². The molecule has 0 saturated carbocycles. The summed E-state index contributed by atoms with van der Waals surface area (Å²) in [6.45, 7) is -0.387. The Hall–Kier alpha value is -1.89. The van der Waals surface area contributed by atoms with Gasteiger partial charge in [-0.1, -0.05) is 30.3 Å². The van der Waals surface area contributed by atoms with Crippen LogP contribution in [0.4, 0.5) is 0 Å². The maximum Gasteiger partial charge on any atom is 0.310 e. The fourth-order valence-corrected chi connectivity index (χ4v) is 3.81. The summed E-state index contributed by atoms with van der Waals surface area (Å²) in [6, 6.07) is 8.69. The van der Waals surface area contributed by atoms with Crippen molar-refractivity contribution < 1.29 is 22.7 Å². The van der Waals surface area contributed by atoms with Crippen LogP contribution in [0.3, 0.4) is 0 Å². The number of carbonyl (C=O) groups excluding carboxylic acids is 2. The van der Waals surface area contributed by atoms with E-state index in [2.05, 4.69) is 5.32 Å². The van der Waals surface area contributed by atoms with Gasteiger partial charge in [-0.05, 0) is 12.0 Å². The van der Waals surface area contributed by atoms with E-state index in [9.17, 15) is 18.0 Å². The molecule has 1 aliphatic rings. The van der Waals surface area contributed by atoms with Crippen LogP contribution in [-0.2, 0) is 30.6 Å². The molecular formula is C14H17NO5S. The highest BCUT2D eigenvalue weighted by atomic mass is 32.2. The molecule has 1 amide bonds. The van der Waals surface area contributed by atoms with Crippen LogP contribution >= 0.6 is 0 Å². The van der Waals surface area contributed by atoms with Crippen molar-refractivity contribution in [2.24, 2.45) is 0 Å². The highest BCUT2D eigenvalue weighted by Crippen LogP contribution is 2.11. The minimum atomic E-state index is -3.04. The van der Waals surface area contributed by atoms with Crippen LogP contribution in [0.5, 0.6) is 0 Å². The molecule has 1 atom stereocenters. The average Bonchev–Trinajstić information content (AvgIpc) is 2.77. The summed E-state index contributed by atoms with van der Waals surface area (Å²) in [7, 11) is -3.04. The molecule has 0 unspecified atom stereocenters. The van der Waals surface area contributed by atoms with Crippen molar-refractivity contribution in [2.75, 3.05) is 18.1 Å². The molecule has 6 nitrogen and oxygen atoms in total. The average molecular weight is 311 g/mol. The number of esters is 1. The minimum absolute atomic E-state index is 0.0449. The summed E-state index contributed by atoms with van der Waals surface area (Å²) in [6.07, 6.45) is 0.512. The third-order valence-electron chi connectivity index (χ3n) is 3.15. The predicted molar refractivity (Wildman–Crippen MR) is 76.3 cm³/mol. The predicted octanol–water partition coefficient (Wildman–Crippen LogP) is 0.0756. The van der Waals surface area contributed by atoms with E-state index in [0.29, 0.717) is 6.42 Å². The zero-order valence-corrected chi connectivity index (χ0v) is 12.3. The molecule has 7 heteroatoms. The van der Waals surface area contributed by atoms with Gasteiger partial charge in [-0.15, -0.1) is 0 Å². The number of amides is 1. The summed E-state index contributed by atoms with van der Waals surface area (Å²) in [5.41, 5.74) is 0.810. The van der Waals surface area contributed by atoms with Crippen LogP contribution < -0.4 is 5.32 Å². The highest BCUT2D eigenvalue weighted by molar-refractivity contribution is 7.91. The number of hydrogen-bond donors (Lipinski definition) is 1. The van der Waals surface area contributed by atoms with E-state index in [-0.39, 0.29) is 30.6 Å². The van der Waals surface area contributed by atoms with E-state index in [4.69, 9.17) is 4.74 Å². The Kier molecular flexibility index (Phi) is 4.95. The van der Waals surface area contributed by atoms with E-state index in [0.717, 1.165) is 5.56 Å². The molecule has 1 fully saturated rings. The van der Waals surface area contributed by atoms with Gasteiger partial charge >= 0.3 is 5.97 Å². The molecular weight excluding hydrogens is 294 g/mol. The molecule has 0 radical (unpaired) electrons. The number of sulfone groups is 1. The molecule has 0 spiro atoms. The maximum absolute atomic E-state index is 11.6. The molecule has 1 N–H and O–H groups in total. The summed E-state index contributed by atoms with van der Waals surface area (Å²) in [5, 5.41) is 2.56. The van der Waals surface area contributed by atoms with Crippen LogP contribution in [0, 0.1) is 0 Å². The second-order valence-corrected chi connectivity index (χ2v) is 7.22. The van der Waals surface area contributed by atoms with E-state index in [1.165, 1.54) is 0 Å². The molecule has 0 bridgehead atoms. The summed E-state index contributed by atoms with van der Waals surface area (Å²) >= 11 is 0. The van der Waals surface area contributed by atoms with Crippen molar-refractivity contribution in [3.63, 3.8) is 0 Å². The number of nitrogens with one attached hydrogen (secondary N) is 1. The van der Waals surface area contributed by atoms with Crippen LogP contribution in [0.15, 0.2) is 30.3 Å². The van der Waals surface area contributed by atoms with Gasteiger partial charge < -0.3 is 10.1 Å². The molecule has 1 saturated heterocycles. The Balaban J connectivity index is 1.70. The maximum atomic E-state index is 11.6. The van der Waals surface area contributed by atoms with Crippen molar-refractivity contribution in [1.29, 1.82) is 0 Å². The van der Waals surface area contributed by atoms with Crippen molar-refractivity contribution in [3.8, 4) is 0 Å². The van der Waals surface area contributed by atoms with Crippen LogP contribution in [0.2, 0.25) is 0 Å². The Morgan fingerprint density at radius 1 is 1.24 bits per heavy atom. The molecule has 114 valence electrons. The lowest BCUT2D eigenvalue weighted by Gasteiger charge is -2.11. The summed E-state index contributed by atoms with van der Waals surface area (Å²) < 4.78 is 27.4. The summed E-state index contributed by atoms with van der Waals surface area (Å²) in [4.78, 5) is 23.1. The van der Waals surface area contributed by atoms with Gasteiger partial charge in [-0.25, -0.2) is 8.42 Å². The smallest absolute Gasteiger partial charge is 0.310 e. The quantitative estimate of drug-likeness (QED) is 0.778. The topological polar surface area (TPSA) is 89.5 Å². The first kappa shape index (κ1) is 15.5. The first-order valence-corrected chi connectivity index (χ1v) is 8.46. The second kappa shape index (κ2) is 6.71. The third-order valence-corrected chi connectivity index (χ3v) is 4.92. The van der Waals surface area contributed by atoms with Gasteiger partial charge in [0.2, 0.25) is 0 Å². The Bertz CT molecular complexity index is 612. The van der Waals surface area contributed by atoms with Gasteiger partial charge in [0.15, 0.2) is 16.4 Å². The number of carbonyl (C=O) groups is 2. The monoisotopic (exact) mass is 311 g/mol. The molecule has 1 aromatic carbocycles. The van der Waals surface area contributed by atoms with Gasteiger partial charge in [-0.3, -0.25) is 9.59 Å². The fourth-order valence-electron chi connectivity index (χ4n) is 2.14. The largest absolute Gasteiger partial charge is 0.455 e. The van der Waals surface area contributed by atoms with Gasteiger partial charge in [-0.2, -0.15) is 0 Å². The standard InChI is InChI=1S/C14H17NO5S/c16-13(15-12-6-7-21(18,19)10-12)9-20-14(17)8-11-4-2-1-3-5-11/h1-5,12H,6-10H2,(H,15,16)/t12-/m1/s1. The Morgan fingerprint density at radius 3 is 2.57 bits per heavy atom. The zero-order chi connectivity index (χ0) is 15.3. The van der Waals surface area contributed by atoms with E-state index < -0.39 is 21.7 Å². The van der Waals surface area contributed by atoms with E-state index >= 15 is 0 Å². The SMILES string of the molecule is O=C(COC(=O)Cc1ccccc1)N[C@@H]1CCS(=O)(=O)C1. The first-order chi connectivity index (χ1) is 9.94. The Morgan fingerprint density at radius 2 is 1.95 bits per heavy atom. The molecule has 1 aliphatic heterocycles. The normalized spacial score (nSPS) is 19.9. The van der Waals surface area contributed by atoms with Crippen LogP contribution in [0.25, 0.3) is 0 Å². The second-order valence-electron chi connectivity index (χ2n) is 4.99. The lowest BCUT2D eigenvalue weighted by molar-refractivity contribution is -0.148. The van der Waals surface area contributed by atoms with Crippen LogP contribution in [0.1, 0.15) is 12.0 Å². The van der Waals surface area contributed by atoms with E-state index in [1.807, 2.05) is 18.2 Å². The zero-order valence-electron chi connectivity index (χ0n) is 11.4. The van der Waals surface area contributed by atoms with E-state index in [1.54, 1.807) is 12.1 Å². The highest BCUT2D eigenvalue weighted by Gasteiger charge is 2.28. The van der Waals surface area contributed by atoms with Gasteiger partial charge in [0.05, 0.1) is 17.9 Å². The number of hydrogen-bond acceptors (Lipinski definition) is 5. The number of ether oxygens (including phenoxy) is 1. The minimum Gasteiger partial charge on any atom is -0.455 e. The lowest BCUT2D eigenvalue weighted by atomic mass is 10.2. The molecule has 0 aromatic heterocycles.